The zero-order valence-corrected chi connectivity index (χ0v) is 12.4. The molecule has 2 rings (SSSR count). The van der Waals surface area contributed by atoms with E-state index in [4.69, 9.17) is 0 Å². The summed E-state index contributed by atoms with van der Waals surface area (Å²) in [6, 6.07) is 3.65. The van der Waals surface area contributed by atoms with Gasteiger partial charge in [0.05, 0.1) is 0 Å². The lowest BCUT2D eigenvalue weighted by atomic mass is 10.2. The van der Waals surface area contributed by atoms with Gasteiger partial charge in [0, 0.05) is 42.4 Å². The Morgan fingerprint density at radius 3 is 3.21 bits per heavy atom. The molecule has 1 aromatic rings. The van der Waals surface area contributed by atoms with E-state index in [1.165, 1.54) is 0 Å². The van der Waals surface area contributed by atoms with Crippen molar-refractivity contribution in [3.63, 3.8) is 0 Å². The van der Waals surface area contributed by atoms with Gasteiger partial charge in [0.25, 0.3) is 5.91 Å². The van der Waals surface area contributed by atoms with Crippen LogP contribution in [0.2, 0.25) is 0 Å². The summed E-state index contributed by atoms with van der Waals surface area (Å²) in [6.45, 7) is 6.83. The molecular weight excluding hydrogens is 258 g/mol. The van der Waals surface area contributed by atoms with Crippen LogP contribution in [0.25, 0.3) is 0 Å². The third-order valence-corrected chi connectivity index (χ3v) is 4.23. The van der Waals surface area contributed by atoms with Crippen LogP contribution < -0.4 is 5.32 Å². The standard InChI is InChI=1S/C14H21N3OS/c1-3-5-15-13-9-12(4-6-16-13)14(18)17-7-8-19-11(2)10-17/h4,6,9,11H,3,5,7-8,10H2,1-2H3,(H,15,16). The second-order valence-electron chi connectivity index (χ2n) is 4.79. The number of anilines is 1. The molecule has 4 nitrogen and oxygen atoms in total. The predicted octanol–water partition coefficient (Wildman–Crippen LogP) is 2.48. The van der Waals surface area contributed by atoms with Gasteiger partial charge in [-0.05, 0) is 18.6 Å². The van der Waals surface area contributed by atoms with Gasteiger partial charge in [0.1, 0.15) is 5.82 Å². The number of pyridine rings is 1. The summed E-state index contributed by atoms with van der Waals surface area (Å²) in [5.41, 5.74) is 0.729. The van der Waals surface area contributed by atoms with E-state index in [0.29, 0.717) is 5.25 Å². The predicted molar refractivity (Wildman–Crippen MR) is 80.8 cm³/mol. The number of carbonyl (C=O) groups is 1. The Balaban J connectivity index is 2.05. The monoisotopic (exact) mass is 279 g/mol. The molecule has 1 saturated heterocycles. The highest BCUT2D eigenvalue weighted by molar-refractivity contribution is 7.99. The smallest absolute Gasteiger partial charge is 0.254 e. The minimum absolute atomic E-state index is 0.120. The van der Waals surface area contributed by atoms with Crippen molar-refractivity contribution in [2.24, 2.45) is 0 Å². The van der Waals surface area contributed by atoms with Gasteiger partial charge in [-0.15, -0.1) is 0 Å². The molecule has 1 unspecified atom stereocenters. The van der Waals surface area contributed by atoms with Gasteiger partial charge in [-0.3, -0.25) is 4.79 Å². The van der Waals surface area contributed by atoms with Crippen LogP contribution >= 0.6 is 11.8 Å². The van der Waals surface area contributed by atoms with Crippen molar-refractivity contribution in [2.45, 2.75) is 25.5 Å². The molecule has 1 fully saturated rings. The number of carbonyl (C=O) groups excluding carboxylic acids is 1. The van der Waals surface area contributed by atoms with Gasteiger partial charge >= 0.3 is 0 Å². The summed E-state index contributed by atoms with van der Waals surface area (Å²) >= 11 is 1.93. The van der Waals surface area contributed by atoms with Gasteiger partial charge in [0.2, 0.25) is 0 Å². The first-order valence-corrected chi connectivity index (χ1v) is 7.86. The number of hydrogen-bond acceptors (Lipinski definition) is 4. The number of nitrogens with one attached hydrogen (secondary N) is 1. The SMILES string of the molecule is CCCNc1cc(C(=O)N2CCSC(C)C2)ccn1. The second-order valence-corrected chi connectivity index (χ2v) is 6.34. The van der Waals surface area contributed by atoms with Crippen molar-refractivity contribution in [1.82, 2.24) is 9.88 Å². The van der Waals surface area contributed by atoms with E-state index < -0.39 is 0 Å². The van der Waals surface area contributed by atoms with Gasteiger partial charge in [-0.1, -0.05) is 13.8 Å². The van der Waals surface area contributed by atoms with E-state index in [0.717, 1.165) is 43.2 Å². The minimum Gasteiger partial charge on any atom is -0.370 e. The van der Waals surface area contributed by atoms with E-state index in [-0.39, 0.29) is 5.91 Å². The van der Waals surface area contributed by atoms with Crippen LogP contribution in [-0.2, 0) is 0 Å². The molecule has 5 heteroatoms. The van der Waals surface area contributed by atoms with Crippen molar-refractivity contribution < 1.29 is 4.79 Å². The number of rotatable bonds is 4. The second kappa shape index (κ2) is 6.80. The zero-order chi connectivity index (χ0) is 13.7. The van der Waals surface area contributed by atoms with E-state index in [9.17, 15) is 4.79 Å². The third kappa shape index (κ3) is 3.86. The quantitative estimate of drug-likeness (QED) is 0.919. The summed E-state index contributed by atoms with van der Waals surface area (Å²) in [7, 11) is 0. The normalized spacial score (nSPS) is 19.3. The van der Waals surface area contributed by atoms with Crippen LogP contribution in [0.1, 0.15) is 30.6 Å². The lowest BCUT2D eigenvalue weighted by Crippen LogP contribution is -2.41. The number of amides is 1. The summed E-state index contributed by atoms with van der Waals surface area (Å²) in [4.78, 5) is 18.6. The fraction of sp³-hybridized carbons (Fsp3) is 0.571. The van der Waals surface area contributed by atoms with Crippen molar-refractivity contribution >= 4 is 23.5 Å². The third-order valence-electron chi connectivity index (χ3n) is 3.09. The Labute approximate surface area is 119 Å². The lowest BCUT2D eigenvalue weighted by Gasteiger charge is -2.30. The van der Waals surface area contributed by atoms with E-state index in [1.807, 2.05) is 22.7 Å². The molecule has 104 valence electrons. The van der Waals surface area contributed by atoms with Crippen LogP contribution in [-0.4, -0.2) is 46.4 Å². The topological polar surface area (TPSA) is 45.2 Å². The largest absolute Gasteiger partial charge is 0.370 e. The van der Waals surface area contributed by atoms with Gasteiger partial charge in [0.15, 0.2) is 0 Å². The molecule has 2 heterocycles. The first kappa shape index (κ1) is 14.2. The Morgan fingerprint density at radius 1 is 1.63 bits per heavy atom. The van der Waals surface area contributed by atoms with Crippen LogP contribution in [0.15, 0.2) is 18.3 Å². The maximum Gasteiger partial charge on any atom is 0.254 e. The van der Waals surface area contributed by atoms with Crippen molar-refractivity contribution in [1.29, 1.82) is 0 Å². The highest BCUT2D eigenvalue weighted by Crippen LogP contribution is 2.20. The number of aromatic nitrogens is 1. The highest BCUT2D eigenvalue weighted by atomic mass is 32.2. The Hall–Kier alpha value is -1.23. The molecule has 0 saturated carbocycles. The molecule has 1 atom stereocenters. The number of thioether (sulfide) groups is 1. The molecule has 0 bridgehead atoms. The average molecular weight is 279 g/mol. The first-order chi connectivity index (χ1) is 9.20. The maximum absolute atomic E-state index is 12.4. The van der Waals surface area contributed by atoms with E-state index in [1.54, 1.807) is 12.3 Å². The fourth-order valence-electron chi connectivity index (χ4n) is 2.10. The molecule has 1 aliphatic rings. The molecular formula is C14H21N3OS. The minimum atomic E-state index is 0.120. The van der Waals surface area contributed by atoms with Crippen LogP contribution in [0, 0.1) is 0 Å². The average Bonchev–Trinajstić information content (AvgIpc) is 2.44. The molecule has 1 N–H and O–H groups in total. The van der Waals surface area contributed by atoms with E-state index >= 15 is 0 Å². The summed E-state index contributed by atoms with van der Waals surface area (Å²) in [6.07, 6.45) is 2.74. The summed E-state index contributed by atoms with van der Waals surface area (Å²) in [5.74, 6) is 1.93. The Bertz CT molecular complexity index is 438. The van der Waals surface area contributed by atoms with E-state index in [2.05, 4.69) is 24.1 Å². The van der Waals surface area contributed by atoms with Crippen molar-refractivity contribution in [3.8, 4) is 0 Å². The molecule has 0 spiro atoms. The number of hydrogen-bond donors (Lipinski definition) is 1. The fourth-order valence-corrected chi connectivity index (χ4v) is 3.11. The first-order valence-electron chi connectivity index (χ1n) is 6.81. The molecule has 0 aliphatic carbocycles. The molecule has 1 aromatic heterocycles. The molecule has 19 heavy (non-hydrogen) atoms. The highest BCUT2D eigenvalue weighted by Gasteiger charge is 2.22. The van der Waals surface area contributed by atoms with Crippen molar-refractivity contribution in [3.05, 3.63) is 23.9 Å². The zero-order valence-electron chi connectivity index (χ0n) is 11.6. The van der Waals surface area contributed by atoms with Gasteiger partial charge in [-0.25, -0.2) is 4.98 Å². The Kier molecular flexibility index (Phi) is 5.07. The van der Waals surface area contributed by atoms with Gasteiger partial charge in [-0.2, -0.15) is 11.8 Å². The summed E-state index contributed by atoms with van der Waals surface area (Å²) < 4.78 is 0. The molecule has 1 amide bonds. The van der Waals surface area contributed by atoms with Gasteiger partial charge < -0.3 is 10.2 Å². The molecule has 0 radical (unpaired) electrons. The van der Waals surface area contributed by atoms with Crippen LogP contribution in [0.5, 0.6) is 0 Å². The van der Waals surface area contributed by atoms with Crippen LogP contribution in [0.3, 0.4) is 0 Å². The Morgan fingerprint density at radius 2 is 2.47 bits per heavy atom. The number of nitrogens with zero attached hydrogens (tertiary/aromatic N) is 2. The van der Waals surface area contributed by atoms with Crippen LogP contribution in [0.4, 0.5) is 5.82 Å². The molecule has 1 aliphatic heterocycles. The molecule has 0 aromatic carbocycles. The maximum atomic E-state index is 12.4. The van der Waals surface area contributed by atoms with Crippen molar-refractivity contribution in [2.75, 3.05) is 30.7 Å². The summed E-state index contributed by atoms with van der Waals surface area (Å²) in [5, 5.41) is 3.74. The lowest BCUT2D eigenvalue weighted by molar-refractivity contribution is 0.0763.